The van der Waals surface area contributed by atoms with Crippen molar-refractivity contribution in [1.82, 2.24) is 4.98 Å². The predicted molar refractivity (Wildman–Crippen MR) is 69.2 cm³/mol. The topological polar surface area (TPSA) is 31.4 Å². The molecule has 0 amide bonds. The van der Waals surface area contributed by atoms with E-state index >= 15 is 0 Å². The second kappa shape index (κ2) is 5.97. The average Bonchev–Trinajstić information content (AvgIpc) is 2.41. The molecule has 0 N–H and O–H groups in total. The van der Waals surface area contributed by atoms with Crippen molar-refractivity contribution in [3.63, 3.8) is 0 Å². The third kappa shape index (κ3) is 3.41. The Kier molecular flexibility index (Phi) is 4.31. The lowest BCUT2D eigenvalue weighted by molar-refractivity contribution is 0.278. The van der Waals surface area contributed by atoms with Crippen LogP contribution in [-0.4, -0.2) is 12.1 Å². The fourth-order valence-electron chi connectivity index (χ4n) is 1.44. The van der Waals surface area contributed by atoms with Crippen LogP contribution in [0.15, 0.2) is 34.8 Å². The van der Waals surface area contributed by atoms with E-state index in [1.807, 2.05) is 0 Å². The fourth-order valence-corrected chi connectivity index (χ4v) is 1.85. The largest absolute Gasteiger partial charge is 0.484 e. The van der Waals surface area contributed by atoms with Gasteiger partial charge < -0.3 is 9.47 Å². The molecular weight excluding hydrogens is 320 g/mol. The second-order valence-electron chi connectivity index (χ2n) is 3.66. The first kappa shape index (κ1) is 13.7. The maximum Gasteiger partial charge on any atom is 0.213 e. The van der Waals surface area contributed by atoms with Crippen LogP contribution in [0.3, 0.4) is 0 Å². The molecular formula is C13H10BrF2NO2. The Labute approximate surface area is 117 Å². The zero-order valence-electron chi connectivity index (χ0n) is 9.99. The van der Waals surface area contributed by atoms with Crippen molar-refractivity contribution in [2.45, 2.75) is 6.61 Å². The van der Waals surface area contributed by atoms with Gasteiger partial charge in [-0.1, -0.05) is 22.0 Å². The van der Waals surface area contributed by atoms with Crippen LogP contribution in [0.5, 0.6) is 11.6 Å². The second-order valence-corrected chi connectivity index (χ2v) is 4.58. The smallest absolute Gasteiger partial charge is 0.213 e. The zero-order valence-corrected chi connectivity index (χ0v) is 11.6. The first-order chi connectivity index (χ1) is 9.10. The molecule has 1 aromatic heterocycles. The summed E-state index contributed by atoms with van der Waals surface area (Å²) in [5, 5.41) is 0. The van der Waals surface area contributed by atoms with E-state index in [4.69, 9.17) is 9.47 Å². The minimum Gasteiger partial charge on any atom is -0.484 e. The Morgan fingerprint density at radius 2 is 2.05 bits per heavy atom. The SMILES string of the molecule is COc1cccc(COc2cc(Br)cc(F)c2F)n1. The predicted octanol–water partition coefficient (Wildman–Crippen LogP) is 3.71. The maximum atomic E-state index is 13.5. The van der Waals surface area contributed by atoms with Crippen LogP contribution >= 0.6 is 15.9 Å². The molecule has 3 nitrogen and oxygen atoms in total. The third-order valence-electron chi connectivity index (χ3n) is 2.33. The van der Waals surface area contributed by atoms with Gasteiger partial charge in [0.05, 0.1) is 12.8 Å². The van der Waals surface area contributed by atoms with Crippen LogP contribution in [0.4, 0.5) is 8.78 Å². The van der Waals surface area contributed by atoms with Crippen LogP contribution in [0.2, 0.25) is 0 Å². The molecule has 6 heteroatoms. The molecule has 0 saturated carbocycles. The lowest BCUT2D eigenvalue weighted by Gasteiger charge is -2.08. The van der Waals surface area contributed by atoms with Gasteiger partial charge in [-0.15, -0.1) is 0 Å². The molecule has 0 atom stereocenters. The van der Waals surface area contributed by atoms with Crippen LogP contribution < -0.4 is 9.47 Å². The summed E-state index contributed by atoms with van der Waals surface area (Å²) in [4.78, 5) is 4.11. The number of hydrogen-bond donors (Lipinski definition) is 0. The van der Waals surface area contributed by atoms with Crippen molar-refractivity contribution >= 4 is 15.9 Å². The number of nitrogens with zero attached hydrogens (tertiary/aromatic N) is 1. The Morgan fingerprint density at radius 1 is 1.26 bits per heavy atom. The molecule has 0 radical (unpaired) electrons. The Hall–Kier alpha value is -1.69. The summed E-state index contributed by atoms with van der Waals surface area (Å²) in [5.74, 6) is -1.73. The molecule has 0 aliphatic rings. The number of rotatable bonds is 4. The van der Waals surface area contributed by atoms with Gasteiger partial charge in [-0.3, -0.25) is 0 Å². The molecule has 19 heavy (non-hydrogen) atoms. The van der Waals surface area contributed by atoms with Crippen molar-refractivity contribution < 1.29 is 18.3 Å². The van der Waals surface area contributed by atoms with Gasteiger partial charge >= 0.3 is 0 Å². The van der Waals surface area contributed by atoms with Crippen molar-refractivity contribution in [2.75, 3.05) is 7.11 Å². The number of ether oxygens (including phenoxy) is 2. The van der Waals surface area contributed by atoms with E-state index < -0.39 is 11.6 Å². The van der Waals surface area contributed by atoms with Crippen molar-refractivity contribution in [3.8, 4) is 11.6 Å². The van der Waals surface area contributed by atoms with Crippen LogP contribution in [0.25, 0.3) is 0 Å². The molecule has 2 rings (SSSR count). The highest BCUT2D eigenvalue weighted by Gasteiger charge is 2.11. The highest BCUT2D eigenvalue weighted by atomic mass is 79.9. The minimum atomic E-state index is -1.02. The van der Waals surface area contributed by atoms with Crippen molar-refractivity contribution in [3.05, 3.63) is 52.1 Å². The number of hydrogen-bond acceptors (Lipinski definition) is 3. The van der Waals surface area contributed by atoms with Gasteiger partial charge in [0.25, 0.3) is 0 Å². The summed E-state index contributed by atoms with van der Waals surface area (Å²) in [6.45, 7) is 0.0179. The lowest BCUT2D eigenvalue weighted by Crippen LogP contribution is -2.02. The summed E-state index contributed by atoms with van der Waals surface area (Å²) < 4.78 is 37.2. The quantitative estimate of drug-likeness (QED) is 0.801. The first-order valence-corrected chi connectivity index (χ1v) is 6.16. The number of pyridine rings is 1. The van der Waals surface area contributed by atoms with Gasteiger partial charge in [0.2, 0.25) is 11.7 Å². The Balaban J connectivity index is 2.14. The van der Waals surface area contributed by atoms with E-state index in [1.165, 1.54) is 13.2 Å². The number of aromatic nitrogens is 1. The third-order valence-corrected chi connectivity index (χ3v) is 2.78. The molecule has 0 bridgehead atoms. The monoisotopic (exact) mass is 329 g/mol. The van der Waals surface area contributed by atoms with E-state index in [2.05, 4.69) is 20.9 Å². The summed E-state index contributed by atoms with van der Waals surface area (Å²) in [7, 11) is 1.50. The molecule has 0 aliphatic carbocycles. The van der Waals surface area contributed by atoms with Crippen LogP contribution in [-0.2, 0) is 6.61 Å². The van der Waals surface area contributed by atoms with E-state index in [1.54, 1.807) is 18.2 Å². The van der Waals surface area contributed by atoms with Gasteiger partial charge in [0.1, 0.15) is 6.61 Å². The molecule has 1 aromatic carbocycles. The molecule has 0 aliphatic heterocycles. The number of halogens is 3. The molecule has 1 heterocycles. The Morgan fingerprint density at radius 3 is 2.79 bits per heavy atom. The highest BCUT2D eigenvalue weighted by molar-refractivity contribution is 9.10. The van der Waals surface area contributed by atoms with E-state index in [-0.39, 0.29) is 12.4 Å². The van der Waals surface area contributed by atoms with Gasteiger partial charge in [-0.05, 0) is 18.2 Å². The summed E-state index contributed by atoms with van der Waals surface area (Å²) in [6, 6.07) is 7.52. The number of methoxy groups -OCH3 is 1. The van der Waals surface area contributed by atoms with E-state index in [0.29, 0.717) is 16.0 Å². The lowest BCUT2D eigenvalue weighted by atomic mass is 10.3. The summed E-state index contributed by atoms with van der Waals surface area (Å²) in [6.07, 6.45) is 0. The molecule has 0 spiro atoms. The normalized spacial score (nSPS) is 10.3. The molecule has 2 aromatic rings. The van der Waals surface area contributed by atoms with Crippen LogP contribution in [0.1, 0.15) is 5.69 Å². The van der Waals surface area contributed by atoms with Gasteiger partial charge in [-0.2, -0.15) is 4.39 Å². The summed E-state index contributed by atoms with van der Waals surface area (Å²) >= 11 is 3.07. The molecule has 0 unspecified atom stereocenters. The van der Waals surface area contributed by atoms with Gasteiger partial charge in [-0.25, -0.2) is 9.37 Å². The molecule has 100 valence electrons. The van der Waals surface area contributed by atoms with Gasteiger partial charge in [0, 0.05) is 10.5 Å². The minimum absolute atomic E-state index is 0.0179. The fraction of sp³-hybridized carbons (Fsp3) is 0.154. The highest BCUT2D eigenvalue weighted by Crippen LogP contribution is 2.26. The average molecular weight is 330 g/mol. The van der Waals surface area contributed by atoms with E-state index in [0.717, 1.165) is 6.07 Å². The standard InChI is InChI=1S/C13H10BrF2NO2/c1-18-12-4-2-3-9(17-12)7-19-11-6-8(14)5-10(15)13(11)16/h2-6H,7H2,1H3. The van der Waals surface area contributed by atoms with Crippen molar-refractivity contribution in [2.24, 2.45) is 0 Å². The van der Waals surface area contributed by atoms with E-state index in [9.17, 15) is 8.78 Å². The zero-order chi connectivity index (χ0) is 13.8. The van der Waals surface area contributed by atoms with Gasteiger partial charge in [0.15, 0.2) is 11.6 Å². The van der Waals surface area contributed by atoms with Crippen molar-refractivity contribution in [1.29, 1.82) is 0 Å². The summed E-state index contributed by atoms with van der Waals surface area (Å²) in [5.41, 5.74) is 0.555. The Bertz CT molecular complexity index is 593. The van der Waals surface area contributed by atoms with Crippen LogP contribution in [0, 0.1) is 11.6 Å². The molecule has 0 fully saturated rings. The first-order valence-electron chi connectivity index (χ1n) is 5.37. The molecule has 0 saturated heterocycles. The maximum absolute atomic E-state index is 13.5. The number of benzene rings is 1.